The molecule has 0 radical (unpaired) electrons. The van der Waals surface area contributed by atoms with Crippen LogP contribution in [0.5, 0.6) is 0 Å². The van der Waals surface area contributed by atoms with Gasteiger partial charge in [-0.2, -0.15) is 4.98 Å². The Morgan fingerprint density at radius 1 is 1.14 bits per heavy atom. The molecule has 0 atom stereocenters. The zero-order chi connectivity index (χ0) is 15.0. The van der Waals surface area contributed by atoms with Crippen molar-refractivity contribution in [2.75, 3.05) is 5.32 Å². The molecule has 0 aliphatic heterocycles. The summed E-state index contributed by atoms with van der Waals surface area (Å²) in [6, 6.07) is 0.375. The zero-order valence-electron chi connectivity index (χ0n) is 12.3. The summed E-state index contributed by atoms with van der Waals surface area (Å²) in [6.07, 6.45) is 7.42. The van der Waals surface area contributed by atoms with Crippen molar-refractivity contribution in [3.8, 4) is 0 Å². The topological polar surface area (TPSA) is 81.8 Å². The lowest BCUT2D eigenvalue weighted by molar-refractivity contribution is 0.461. The average Bonchev–Trinajstić information content (AvgIpc) is 2.52. The maximum Gasteiger partial charge on any atom is 0.332 e. The van der Waals surface area contributed by atoms with Crippen molar-refractivity contribution in [3.63, 3.8) is 0 Å². The molecule has 1 N–H and O–H groups in total. The second kappa shape index (κ2) is 5.31. The molecule has 0 saturated heterocycles. The van der Waals surface area contributed by atoms with Crippen LogP contribution >= 0.6 is 0 Å². The largest absolute Gasteiger partial charge is 0.351 e. The highest BCUT2D eigenvalue weighted by atomic mass is 16.2. The molecular weight excluding hydrogens is 270 g/mol. The van der Waals surface area contributed by atoms with Gasteiger partial charge in [0, 0.05) is 26.3 Å². The molecule has 1 aliphatic carbocycles. The van der Waals surface area contributed by atoms with Crippen molar-refractivity contribution < 1.29 is 0 Å². The van der Waals surface area contributed by atoms with Crippen molar-refractivity contribution >= 4 is 17.0 Å². The Labute approximate surface area is 121 Å². The molecule has 3 rings (SSSR count). The van der Waals surface area contributed by atoms with Gasteiger partial charge in [-0.25, -0.2) is 9.78 Å². The molecule has 1 aliphatic rings. The van der Waals surface area contributed by atoms with Crippen LogP contribution in [0, 0.1) is 0 Å². The molecule has 0 unspecified atom stereocenters. The van der Waals surface area contributed by atoms with Gasteiger partial charge in [0.25, 0.3) is 5.56 Å². The molecule has 0 aromatic carbocycles. The second-order valence-electron chi connectivity index (χ2n) is 5.62. The zero-order valence-corrected chi connectivity index (χ0v) is 12.3. The maximum absolute atomic E-state index is 12.1. The Morgan fingerprint density at radius 3 is 2.57 bits per heavy atom. The third kappa shape index (κ3) is 2.43. The third-order valence-electron chi connectivity index (χ3n) is 4.13. The molecule has 0 spiro atoms. The Hall–Kier alpha value is -2.18. The van der Waals surface area contributed by atoms with E-state index in [2.05, 4.69) is 15.3 Å². The minimum absolute atomic E-state index is 0.355. The van der Waals surface area contributed by atoms with Crippen molar-refractivity contribution in [3.05, 3.63) is 27.0 Å². The van der Waals surface area contributed by atoms with Crippen LogP contribution < -0.4 is 16.6 Å². The molecule has 1 fully saturated rings. The van der Waals surface area contributed by atoms with E-state index in [0.29, 0.717) is 23.0 Å². The molecule has 7 nitrogen and oxygen atoms in total. The summed E-state index contributed by atoms with van der Waals surface area (Å²) in [7, 11) is 3.07. The smallest absolute Gasteiger partial charge is 0.332 e. The summed E-state index contributed by atoms with van der Waals surface area (Å²) in [4.78, 5) is 32.6. The first-order valence-electron chi connectivity index (χ1n) is 7.27. The van der Waals surface area contributed by atoms with Gasteiger partial charge in [-0.15, -0.1) is 0 Å². The molecule has 2 heterocycles. The number of hydrogen-bond acceptors (Lipinski definition) is 5. The predicted octanol–water partition coefficient (Wildman–Crippen LogP) is 0.772. The van der Waals surface area contributed by atoms with Crippen LogP contribution in [0.15, 0.2) is 15.8 Å². The summed E-state index contributed by atoms with van der Waals surface area (Å²) in [5, 5.41) is 3.66. The fraction of sp³-hybridized carbons (Fsp3) is 0.571. The summed E-state index contributed by atoms with van der Waals surface area (Å²) >= 11 is 0. The molecule has 7 heteroatoms. The summed E-state index contributed by atoms with van der Waals surface area (Å²) < 4.78 is 2.45. The van der Waals surface area contributed by atoms with Crippen LogP contribution in [0.25, 0.3) is 11.0 Å². The molecule has 2 aromatic rings. The lowest BCUT2D eigenvalue weighted by Crippen LogP contribution is -2.37. The Kier molecular flexibility index (Phi) is 3.48. The van der Waals surface area contributed by atoms with Gasteiger partial charge < -0.3 is 5.32 Å². The van der Waals surface area contributed by atoms with Gasteiger partial charge in [-0.1, -0.05) is 19.3 Å². The van der Waals surface area contributed by atoms with E-state index in [1.54, 1.807) is 7.05 Å². The molecule has 2 aromatic heterocycles. The van der Waals surface area contributed by atoms with E-state index in [4.69, 9.17) is 0 Å². The lowest BCUT2D eigenvalue weighted by Gasteiger charge is -2.22. The molecular formula is C14H19N5O2. The number of aromatic nitrogens is 4. The van der Waals surface area contributed by atoms with E-state index in [0.717, 1.165) is 17.4 Å². The standard InChI is InChI=1S/C14H19N5O2/c1-18-11-10(12(20)19(2)14(18)21)8-15-13(17-11)16-9-6-4-3-5-7-9/h8-9H,3-7H2,1-2H3,(H,15,16,17). The monoisotopic (exact) mass is 289 g/mol. The summed E-state index contributed by atoms with van der Waals surface area (Å²) in [5.74, 6) is 0.484. The van der Waals surface area contributed by atoms with E-state index >= 15 is 0 Å². The van der Waals surface area contributed by atoms with Crippen LogP contribution in [-0.2, 0) is 14.1 Å². The normalized spacial score (nSPS) is 16.3. The van der Waals surface area contributed by atoms with E-state index < -0.39 is 0 Å². The first-order valence-corrected chi connectivity index (χ1v) is 7.27. The number of nitrogens with one attached hydrogen (secondary N) is 1. The highest BCUT2D eigenvalue weighted by Crippen LogP contribution is 2.20. The van der Waals surface area contributed by atoms with E-state index in [-0.39, 0.29) is 11.2 Å². The fourth-order valence-corrected chi connectivity index (χ4v) is 2.86. The lowest BCUT2D eigenvalue weighted by atomic mass is 9.96. The number of nitrogens with zero attached hydrogens (tertiary/aromatic N) is 4. The van der Waals surface area contributed by atoms with Crippen LogP contribution in [-0.4, -0.2) is 25.1 Å². The first-order chi connectivity index (χ1) is 10.1. The van der Waals surface area contributed by atoms with Crippen molar-refractivity contribution in [2.45, 2.75) is 38.1 Å². The Bertz CT molecular complexity index is 786. The summed E-state index contributed by atoms with van der Waals surface area (Å²) in [6.45, 7) is 0. The Morgan fingerprint density at radius 2 is 1.86 bits per heavy atom. The van der Waals surface area contributed by atoms with Gasteiger partial charge in [-0.05, 0) is 12.8 Å². The van der Waals surface area contributed by atoms with Gasteiger partial charge in [0.15, 0.2) is 5.65 Å². The molecule has 21 heavy (non-hydrogen) atoms. The van der Waals surface area contributed by atoms with Crippen molar-refractivity contribution in [2.24, 2.45) is 14.1 Å². The second-order valence-corrected chi connectivity index (χ2v) is 5.62. The molecule has 0 bridgehead atoms. The van der Waals surface area contributed by atoms with Gasteiger partial charge >= 0.3 is 5.69 Å². The molecule has 0 amide bonds. The van der Waals surface area contributed by atoms with Gasteiger partial charge in [0.05, 0.1) is 0 Å². The maximum atomic E-state index is 12.1. The van der Waals surface area contributed by atoms with E-state index in [1.165, 1.54) is 37.1 Å². The minimum atomic E-state index is -0.380. The van der Waals surface area contributed by atoms with Gasteiger partial charge in [-0.3, -0.25) is 13.9 Å². The first kappa shape index (κ1) is 13.8. The highest BCUT2D eigenvalue weighted by molar-refractivity contribution is 5.73. The number of aryl methyl sites for hydroxylation is 1. The quantitative estimate of drug-likeness (QED) is 0.883. The number of fused-ring (bicyclic) bond motifs is 1. The summed E-state index contributed by atoms with van der Waals surface area (Å²) in [5.41, 5.74) is -0.372. The van der Waals surface area contributed by atoms with E-state index in [1.807, 2.05) is 0 Å². The fourth-order valence-electron chi connectivity index (χ4n) is 2.86. The number of hydrogen-bond donors (Lipinski definition) is 1. The molecule has 112 valence electrons. The van der Waals surface area contributed by atoms with Crippen LogP contribution in [0.2, 0.25) is 0 Å². The predicted molar refractivity (Wildman–Crippen MR) is 80.5 cm³/mol. The van der Waals surface area contributed by atoms with Gasteiger partial charge in [0.1, 0.15) is 5.39 Å². The van der Waals surface area contributed by atoms with Crippen molar-refractivity contribution in [1.82, 2.24) is 19.1 Å². The van der Waals surface area contributed by atoms with Gasteiger partial charge in [0.2, 0.25) is 5.95 Å². The SMILES string of the molecule is Cn1c(=O)c2cnc(NC3CCCCC3)nc2n(C)c1=O. The van der Waals surface area contributed by atoms with Crippen LogP contribution in [0.4, 0.5) is 5.95 Å². The van der Waals surface area contributed by atoms with Crippen molar-refractivity contribution in [1.29, 1.82) is 0 Å². The Balaban J connectivity index is 2.03. The third-order valence-corrected chi connectivity index (χ3v) is 4.13. The van der Waals surface area contributed by atoms with Crippen LogP contribution in [0.1, 0.15) is 32.1 Å². The average molecular weight is 289 g/mol. The van der Waals surface area contributed by atoms with Crippen LogP contribution in [0.3, 0.4) is 0 Å². The highest BCUT2D eigenvalue weighted by Gasteiger charge is 2.16. The minimum Gasteiger partial charge on any atom is -0.351 e. The molecule has 1 saturated carbocycles. The number of anilines is 1. The number of rotatable bonds is 2. The van der Waals surface area contributed by atoms with E-state index in [9.17, 15) is 9.59 Å².